The summed E-state index contributed by atoms with van der Waals surface area (Å²) < 4.78 is 14.2. The lowest BCUT2D eigenvalue weighted by atomic mass is 10.2. The molecule has 5 nitrogen and oxygen atoms in total. The summed E-state index contributed by atoms with van der Waals surface area (Å²) in [5.74, 6) is -1.22. The van der Waals surface area contributed by atoms with Crippen molar-refractivity contribution in [3.8, 4) is 0 Å². The second-order valence-electron chi connectivity index (χ2n) is 4.70. The number of likely N-dealkylation sites (tertiary alicyclic amines) is 1. The van der Waals surface area contributed by atoms with Crippen molar-refractivity contribution in [1.29, 1.82) is 0 Å². The fourth-order valence-corrected chi connectivity index (χ4v) is 2.46. The van der Waals surface area contributed by atoms with E-state index in [1.807, 2.05) is 0 Å². The van der Waals surface area contributed by atoms with Crippen molar-refractivity contribution < 1.29 is 18.8 Å². The van der Waals surface area contributed by atoms with Gasteiger partial charge in [0.25, 0.3) is 0 Å². The average Bonchev–Trinajstić information content (AvgIpc) is 2.77. The number of hydrogen-bond donors (Lipinski definition) is 1. The standard InChI is InChI=1S/C14H14BrFN2O3/c15-10-1-2-11(16)9(7-10)8-17-12(19)5-6-18-13(20)3-4-14(18)21/h1-2,7H,3-6,8H2,(H,17,19). The van der Waals surface area contributed by atoms with Crippen LogP contribution >= 0.6 is 15.9 Å². The van der Waals surface area contributed by atoms with Crippen LogP contribution in [-0.2, 0) is 20.9 Å². The van der Waals surface area contributed by atoms with Crippen LogP contribution in [0.1, 0.15) is 24.8 Å². The van der Waals surface area contributed by atoms with E-state index in [2.05, 4.69) is 21.2 Å². The zero-order valence-electron chi connectivity index (χ0n) is 11.2. The zero-order valence-corrected chi connectivity index (χ0v) is 12.8. The molecule has 1 heterocycles. The number of imide groups is 1. The van der Waals surface area contributed by atoms with E-state index in [0.717, 1.165) is 9.37 Å². The van der Waals surface area contributed by atoms with E-state index in [1.165, 1.54) is 6.07 Å². The number of benzene rings is 1. The van der Waals surface area contributed by atoms with Gasteiger partial charge >= 0.3 is 0 Å². The predicted molar refractivity (Wildman–Crippen MR) is 76.5 cm³/mol. The minimum Gasteiger partial charge on any atom is -0.352 e. The molecule has 3 amide bonds. The first-order valence-corrected chi connectivity index (χ1v) is 7.30. The molecular formula is C14H14BrFN2O3. The Balaban J connectivity index is 1.81. The van der Waals surface area contributed by atoms with Gasteiger partial charge in [0.2, 0.25) is 17.7 Å². The molecular weight excluding hydrogens is 343 g/mol. The summed E-state index contributed by atoms with van der Waals surface area (Å²) in [6, 6.07) is 4.47. The van der Waals surface area contributed by atoms with Gasteiger partial charge in [-0.2, -0.15) is 0 Å². The number of carbonyl (C=O) groups is 3. The molecule has 0 saturated carbocycles. The molecule has 1 aliphatic rings. The highest BCUT2D eigenvalue weighted by molar-refractivity contribution is 9.10. The van der Waals surface area contributed by atoms with E-state index in [-0.39, 0.29) is 50.1 Å². The molecule has 0 spiro atoms. The van der Waals surface area contributed by atoms with Gasteiger partial charge in [-0.1, -0.05) is 15.9 Å². The van der Waals surface area contributed by atoms with Gasteiger partial charge < -0.3 is 5.32 Å². The maximum absolute atomic E-state index is 13.5. The monoisotopic (exact) mass is 356 g/mol. The Bertz CT molecular complexity index is 576. The molecule has 0 radical (unpaired) electrons. The van der Waals surface area contributed by atoms with Crippen molar-refractivity contribution in [3.05, 3.63) is 34.1 Å². The Morgan fingerprint density at radius 1 is 1.29 bits per heavy atom. The third-order valence-electron chi connectivity index (χ3n) is 3.20. The fourth-order valence-electron chi connectivity index (χ4n) is 2.05. The van der Waals surface area contributed by atoms with Crippen molar-refractivity contribution in [2.45, 2.75) is 25.8 Å². The molecule has 0 unspecified atom stereocenters. The highest BCUT2D eigenvalue weighted by Gasteiger charge is 2.28. The first-order valence-electron chi connectivity index (χ1n) is 6.51. The fraction of sp³-hybridized carbons (Fsp3) is 0.357. The summed E-state index contributed by atoms with van der Waals surface area (Å²) in [6.07, 6.45) is 0.445. The highest BCUT2D eigenvalue weighted by Crippen LogP contribution is 2.15. The lowest BCUT2D eigenvalue weighted by Crippen LogP contribution is -2.34. The lowest BCUT2D eigenvalue weighted by Gasteiger charge is -2.13. The number of hydrogen-bond acceptors (Lipinski definition) is 3. The number of amides is 3. The Labute approximate surface area is 129 Å². The normalized spacial score (nSPS) is 14.7. The van der Waals surface area contributed by atoms with Crippen molar-refractivity contribution in [1.82, 2.24) is 10.2 Å². The van der Waals surface area contributed by atoms with E-state index in [0.29, 0.717) is 5.56 Å². The molecule has 1 saturated heterocycles. The molecule has 0 aromatic heterocycles. The molecule has 1 aliphatic heterocycles. The topological polar surface area (TPSA) is 66.5 Å². The molecule has 112 valence electrons. The minimum atomic E-state index is -0.400. The van der Waals surface area contributed by atoms with Gasteiger partial charge in [0.1, 0.15) is 5.82 Å². The van der Waals surface area contributed by atoms with Crippen molar-refractivity contribution in [3.63, 3.8) is 0 Å². The average molecular weight is 357 g/mol. The van der Waals surface area contributed by atoms with Gasteiger partial charge in [-0.15, -0.1) is 0 Å². The van der Waals surface area contributed by atoms with E-state index in [9.17, 15) is 18.8 Å². The number of carbonyl (C=O) groups excluding carboxylic acids is 3. The molecule has 1 aromatic carbocycles. The minimum absolute atomic E-state index is 0.0209. The van der Waals surface area contributed by atoms with Crippen molar-refractivity contribution in [2.75, 3.05) is 6.54 Å². The Hall–Kier alpha value is -1.76. The largest absolute Gasteiger partial charge is 0.352 e. The molecule has 0 bridgehead atoms. The summed E-state index contributed by atoms with van der Waals surface area (Å²) in [4.78, 5) is 35.5. The molecule has 2 rings (SSSR count). The van der Waals surface area contributed by atoms with Crippen LogP contribution in [0.3, 0.4) is 0 Å². The maximum atomic E-state index is 13.5. The summed E-state index contributed by atoms with van der Waals surface area (Å²) >= 11 is 3.23. The molecule has 0 atom stereocenters. The van der Waals surface area contributed by atoms with Gasteiger partial charge in [0.05, 0.1) is 0 Å². The van der Waals surface area contributed by atoms with Crippen LogP contribution in [0.2, 0.25) is 0 Å². The van der Waals surface area contributed by atoms with Crippen LogP contribution in [0, 0.1) is 5.82 Å². The number of nitrogens with zero attached hydrogens (tertiary/aromatic N) is 1. The second kappa shape index (κ2) is 6.80. The van der Waals surface area contributed by atoms with Gasteiger partial charge in [-0.3, -0.25) is 19.3 Å². The first-order chi connectivity index (χ1) is 9.97. The van der Waals surface area contributed by atoms with Crippen molar-refractivity contribution >= 4 is 33.7 Å². The summed E-state index contributed by atoms with van der Waals surface area (Å²) in [5.41, 5.74) is 0.367. The Morgan fingerprint density at radius 2 is 1.95 bits per heavy atom. The Kier molecular flexibility index (Phi) is 5.06. The first kappa shape index (κ1) is 15.6. The van der Waals surface area contributed by atoms with Gasteiger partial charge in [-0.05, 0) is 18.2 Å². The molecule has 1 N–H and O–H groups in total. The van der Waals surface area contributed by atoms with Crippen LogP contribution in [0.25, 0.3) is 0 Å². The summed E-state index contributed by atoms with van der Waals surface area (Å²) in [5, 5.41) is 2.57. The van der Waals surface area contributed by atoms with E-state index in [4.69, 9.17) is 0 Å². The van der Waals surface area contributed by atoms with E-state index in [1.54, 1.807) is 12.1 Å². The van der Waals surface area contributed by atoms with Gasteiger partial charge in [0.15, 0.2) is 0 Å². The Morgan fingerprint density at radius 3 is 2.62 bits per heavy atom. The van der Waals surface area contributed by atoms with Crippen LogP contribution in [0.15, 0.2) is 22.7 Å². The molecule has 21 heavy (non-hydrogen) atoms. The van der Waals surface area contributed by atoms with Crippen LogP contribution < -0.4 is 5.32 Å². The molecule has 0 aliphatic carbocycles. The van der Waals surface area contributed by atoms with Crippen LogP contribution in [0.4, 0.5) is 4.39 Å². The number of rotatable bonds is 5. The van der Waals surface area contributed by atoms with Crippen LogP contribution in [-0.4, -0.2) is 29.2 Å². The number of halogens is 2. The lowest BCUT2D eigenvalue weighted by molar-refractivity contribution is -0.138. The third kappa shape index (κ3) is 4.10. The maximum Gasteiger partial charge on any atom is 0.229 e. The third-order valence-corrected chi connectivity index (χ3v) is 3.69. The SMILES string of the molecule is O=C(CCN1C(=O)CCC1=O)NCc1cc(Br)ccc1F. The van der Waals surface area contributed by atoms with Crippen LogP contribution in [0.5, 0.6) is 0 Å². The molecule has 7 heteroatoms. The number of nitrogens with one attached hydrogen (secondary N) is 1. The molecule has 1 aromatic rings. The predicted octanol–water partition coefficient (Wildman–Crippen LogP) is 1.74. The van der Waals surface area contributed by atoms with Gasteiger partial charge in [0, 0.05) is 42.4 Å². The van der Waals surface area contributed by atoms with Gasteiger partial charge in [-0.25, -0.2) is 4.39 Å². The quantitative estimate of drug-likeness (QED) is 0.817. The van der Waals surface area contributed by atoms with E-state index < -0.39 is 5.82 Å². The highest BCUT2D eigenvalue weighted by atomic mass is 79.9. The summed E-state index contributed by atoms with van der Waals surface area (Å²) in [7, 11) is 0. The summed E-state index contributed by atoms with van der Waals surface area (Å²) in [6.45, 7) is 0.135. The zero-order chi connectivity index (χ0) is 15.4. The second-order valence-corrected chi connectivity index (χ2v) is 5.62. The van der Waals surface area contributed by atoms with E-state index >= 15 is 0 Å². The molecule has 1 fully saturated rings. The van der Waals surface area contributed by atoms with Crippen molar-refractivity contribution in [2.24, 2.45) is 0 Å². The smallest absolute Gasteiger partial charge is 0.229 e.